The molecule has 0 saturated carbocycles. The van der Waals surface area contributed by atoms with Crippen LogP contribution in [0.1, 0.15) is 5.56 Å². The average molecular weight is 228 g/mol. The predicted molar refractivity (Wildman–Crippen MR) is 53.2 cm³/mol. The first-order valence-electron chi connectivity index (χ1n) is 4.24. The summed E-state index contributed by atoms with van der Waals surface area (Å²) >= 11 is 0. The van der Waals surface area contributed by atoms with E-state index in [0.29, 0.717) is 0 Å². The van der Waals surface area contributed by atoms with Crippen LogP contribution in [-0.4, -0.2) is 18.0 Å². The number of esters is 1. The summed E-state index contributed by atoms with van der Waals surface area (Å²) in [6.45, 7) is 0. The van der Waals surface area contributed by atoms with Crippen LogP contribution in [0.3, 0.4) is 0 Å². The van der Waals surface area contributed by atoms with Crippen LogP contribution in [0.2, 0.25) is 0 Å². The van der Waals surface area contributed by atoms with Crippen molar-refractivity contribution < 1.29 is 18.8 Å². The van der Waals surface area contributed by atoms with Crippen LogP contribution in [0.25, 0.3) is 0 Å². The van der Waals surface area contributed by atoms with E-state index >= 15 is 0 Å². The van der Waals surface area contributed by atoms with E-state index in [4.69, 9.17) is 5.73 Å². The van der Waals surface area contributed by atoms with Gasteiger partial charge in [-0.3, -0.25) is 14.9 Å². The molecule has 0 heterocycles. The minimum absolute atomic E-state index is 0.0199. The van der Waals surface area contributed by atoms with Gasteiger partial charge in [0.05, 0.1) is 18.5 Å². The Morgan fingerprint density at radius 1 is 1.62 bits per heavy atom. The molecule has 0 atom stereocenters. The van der Waals surface area contributed by atoms with Gasteiger partial charge in [0.25, 0.3) is 0 Å². The molecule has 0 radical (unpaired) electrons. The second-order valence-electron chi connectivity index (χ2n) is 3.01. The summed E-state index contributed by atoms with van der Waals surface area (Å²) in [5.74, 6) is -1.64. The zero-order valence-corrected chi connectivity index (χ0v) is 8.40. The summed E-state index contributed by atoms with van der Waals surface area (Å²) in [7, 11) is 1.18. The third-order valence-corrected chi connectivity index (χ3v) is 1.97. The highest BCUT2D eigenvalue weighted by atomic mass is 19.1. The zero-order valence-electron chi connectivity index (χ0n) is 8.40. The fourth-order valence-corrected chi connectivity index (χ4v) is 1.14. The molecule has 0 aliphatic rings. The van der Waals surface area contributed by atoms with Crippen molar-refractivity contribution in [3.05, 3.63) is 33.6 Å². The third kappa shape index (κ3) is 2.44. The molecule has 0 amide bonds. The lowest BCUT2D eigenvalue weighted by atomic mass is 10.1. The SMILES string of the molecule is COC(=O)Cc1cc([N+](=O)[O-])c(F)cc1N. The molecule has 16 heavy (non-hydrogen) atoms. The Balaban J connectivity index is 3.14. The Morgan fingerprint density at radius 2 is 2.25 bits per heavy atom. The van der Waals surface area contributed by atoms with Gasteiger partial charge in [-0.2, -0.15) is 4.39 Å². The second-order valence-corrected chi connectivity index (χ2v) is 3.01. The van der Waals surface area contributed by atoms with E-state index in [0.717, 1.165) is 12.1 Å². The quantitative estimate of drug-likeness (QED) is 0.361. The van der Waals surface area contributed by atoms with E-state index in [1.807, 2.05) is 0 Å². The van der Waals surface area contributed by atoms with Crippen LogP contribution in [-0.2, 0) is 16.0 Å². The van der Waals surface area contributed by atoms with Gasteiger partial charge in [0.2, 0.25) is 5.82 Å². The van der Waals surface area contributed by atoms with Gasteiger partial charge in [0.15, 0.2) is 0 Å². The minimum atomic E-state index is -1.03. The van der Waals surface area contributed by atoms with Crippen LogP contribution < -0.4 is 5.73 Å². The van der Waals surface area contributed by atoms with Crippen molar-refractivity contribution in [3.63, 3.8) is 0 Å². The first-order chi connectivity index (χ1) is 7.45. The zero-order chi connectivity index (χ0) is 12.3. The van der Waals surface area contributed by atoms with E-state index < -0.39 is 22.4 Å². The Morgan fingerprint density at radius 3 is 2.75 bits per heavy atom. The van der Waals surface area contributed by atoms with Crippen molar-refractivity contribution in [3.8, 4) is 0 Å². The monoisotopic (exact) mass is 228 g/mol. The smallest absolute Gasteiger partial charge is 0.310 e. The van der Waals surface area contributed by atoms with E-state index in [9.17, 15) is 19.3 Å². The fraction of sp³-hybridized carbons (Fsp3) is 0.222. The number of methoxy groups -OCH3 is 1. The maximum atomic E-state index is 13.1. The number of nitrogens with zero attached hydrogens (tertiary/aromatic N) is 1. The van der Waals surface area contributed by atoms with E-state index in [1.54, 1.807) is 0 Å². The number of hydrogen-bond donors (Lipinski definition) is 1. The van der Waals surface area contributed by atoms with Crippen LogP contribution in [0.15, 0.2) is 12.1 Å². The van der Waals surface area contributed by atoms with Crippen LogP contribution in [0.4, 0.5) is 15.8 Å². The minimum Gasteiger partial charge on any atom is -0.469 e. The van der Waals surface area contributed by atoms with Crippen LogP contribution >= 0.6 is 0 Å². The second kappa shape index (κ2) is 4.56. The molecule has 1 aromatic carbocycles. The predicted octanol–water partition coefficient (Wildman–Crippen LogP) is 1.03. The molecule has 1 aromatic rings. The highest BCUT2D eigenvalue weighted by Crippen LogP contribution is 2.24. The van der Waals surface area contributed by atoms with Gasteiger partial charge in [-0.05, 0) is 5.56 Å². The number of carbonyl (C=O) groups is 1. The summed E-state index contributed by atoms with van der Waals surface area (Å²) in [6, 6.07) is 1.75. The third-order valence-electron chi connectivity index (χ3n) is 1.97. The van der Waals surface area contributed by atoms with Crippen LogP contribution in [0.5, 0.6) is 0 Å². The summed E-state index contributed by atoms with van der Waals surface area (Å²) in [6.07, 6.45) is -0.233. The molecule has 0 aromatic heterocycles. The number of ether oxygens (including phenoxy) is 1. The lowest BCUT2D eigenvalue weighted by Crippen LogP contribution is -2.08. The lowest BCUT2D eigenvalue weighted by molar-refractivity contribution is -0.387. The number of nitro groups is 1. The van der Waals surface area contributed by atoms with Gasteiger partial charge in [-0.15, -0.1) is 0 Å². The number of nitrogen functional groups attached to an aromatic ring is 1. The Bertz CT molecular complexity index is 447. The molecule has 6 nitrogen and oxygen atoms in total. The Labute approximate surface area is 90.0 Å². The number of halogens is 1. The molecular weight excluding hydrogens is 219 g/mol. The standard InChI is InChI=1S/C9H9FN2O4/c1-16-9(13)3-5-2-8(12(14)15)6(10)4-7(5)11/h2,4H,3,11H2,1H3. The molecule has 0 aliphatic heterocycles. The van der Waals surface area contributed by atoms with E-state index in [1.165, 1.54) is 7.11 Å². The first-order valence-corrected chi connectivity index (χ1v) is 4.24. The van der Waals surface area contributed by atoms with E-state index in [2.05, 4.69) is 4.74 Å². The highest BCUT2D eigenvalue weighted by Gasteiger charge is 2.18. The van der Waals surface area contributed by atoms with Gasteiger partial charge in [-0.1, -0.05) is 0 Å². The number of nitro benzene ring substituents is 1. The van der Waals surface area contributed by atoms with Crippen molar-refractivity contribution in [1.82, 2.24) is 0 Å². The van der Waals surface area contributed by atoms with Gasteiger partial charge in [0, 0.05) is 17.8 Å². The molecule has 0 bridgehead atoms. The molecule has 0 aliphatic carbocycles. The number of anilines is 1. The maximum absolute atomic E-state index is 13.1. The molecule has 0 unspecified atom stereocenters. The maximum Gasteiger partial charge on any atom is 0.310 e. The Hall–Kier alpha value is -2.18. The van der Waals surface area contributed by atoms with Gasteiger partial charge >= 0.3 is 11.7 Å². The van der Waals surface area contributed by atoms with Crippen molar-refractivity contribution in [2.75, 3.05) is 12.8 Å². The van der Waals surface area contributed by atoms with Crippen molar-refractivity contribution in [2.24, 2.45) is 0 Å². The van der Waals surface area contributed by atoms with Crippen molar-refractivity contribution in [1.29, 1.82) is 0 Å². The van der Waals surface area contributed by atoms with E-state index in [-0.39, 0.29) is 17.7 Å². The molecule has 1 rings (SSSR count). The molecule has 0 fully saturated rings. The largest absolute Gasteiger partial charge is 0.469 e. The molecule has 86 valence electrons. The Kier molecular flexibility index (Phi) is 3.39. The van der Waals surface area contributed by atoms with Crippen molar-refractivity contribution >= 4 is 17.3 Å². The molecule has 0 spiro atoms. The molecule has 2 N–H and O–H groups in total. The lowest BCUT2D eigenvalue weighted by Gasteiger charge is -2.04. The normalized spacial score (nSPS) is 9.88. The van der Waals surface area contributed by atoms with Gasteiger partial charge in [-0.25, -0.2) is 0 Å². The van der Waals surface area contributed by atoms with Crippen LogP contribution in [0, 0.1) is 15.9 Å². The van der Waals surface area contributed by atoms with Gasteiger partial charge in [0.1, 0.15) is 0 Å². The summed E-state index contributed by atoms with van der Waals surface area (Å²) in [4.78, 5) is 20.5. The first kappa shape index (κ1) is 11.9. The number of carbonyl (C=O) groups excluding carboxylic acids is 1. The van der Waals surface area contributed by atoms with Crippen molar-refractivity contribution in [2.45, 2.75) is 6.42 Å². The fourth-order valence-electron chi connectivity index (χ4n) is 1.14. The highest BCUT2D eigenvalue weighted by molar-refractivity contribution is 5.75. The number of hydrogen-bond acceptors (Lipinski definition) is 5. The average Bonchev–Trinajstić information content (AvgIpc) is 2.21. The molecule has 0 saturated heterocycles. The molecular formula is C9H9FN2O4. The summed E-state index contributed by atoms with van der Waals surface area (Å²) in [5, 5.41) is 10.4. The summed E-state index contributed by atoms with van der Waals surface area (Å²) in [5.41, 5.74) is 4.86. The summed E-state index contributed by atoms with van der Waals surface area (Å²) < 4.78 is 17.4. The topological polar surface area (TPSA) is 95.5 Å². The number of rotatable bonds is 3. The molecule has 7 heteroatoms. The number of nitrogens with two attached hydrogens (primary N) is 1. The van der Waals surface area contributed by atoms with Gasteiger partial charge < -0.3 is 10.5 Å². The number of benzene rings is 1.